The van der Waals surface area contributed by atoms with E-state index in [1.165, 1.54) is 18.5 Å². The highest BCUT2D eigenvalue weighted by Crippen LogP contribution is 2.33. The molecule has 0 bridgehead atoms. The first-order valence-corrected chi connectivity index (χ1v) is 6.15. The number of hydrogen-bond acceptors (Lipinski definition) is 6. The number of aromatic nitrogens is 2. The first kappa shape index (κ1) is 12.0. The van der Waals surface area contributed by atoms with E-state index >= 15 is 0 Å². The maximum absolute atomic E-state index is 9.87. The minimum absolute atomic E-state index is 0.0106. The topological polar surface area (TPSA) is 84.7 Å². The van der Waals surface area contributed by atoms with Crippen LogP contribution in [0.3, 0.4) is 0 Å². The Balaban J connectivity index is 1.85. The first-order valence-electron chi connectivity index (χ1n) is 6.15. The van der Waals surface area contributed by atoms with Crippen molar-refractivity contribution in [3.05, 3.63) is 18.5 Å². The molecule has 0 radical (unpaired) electrons. The number of ether oxygens (including phenoxy) is 2. The molecule has 100 valence electrons. The molecule has 2 aromatic rings. The van der Waals surface area contributed by atoms with Gasteiger partial charge in [0.2, 0.25) is 5.88 Å². The summed E-state index contributed by atoms with van der Waals surface area (Å²) < 4.78 is 11.0. The Labute approximate surface area is 109 Å². The molecular weight excluding hydrogens is 248 g/mol. The molecule has 1 aliphatic rings. The van der Waals surface area contributed by atoms with Crippen LogP contribution in [-0.4, -0.2) is 39.5 Å². The van der Waals surface area contributed by atoms with Gasteiger partial charge in [-0.15, -0.1) is 0 Å². The predicted molar refractivity (Wildman–Crippen MR) is 67.3 cm³/mol. The molecule has 19 heavy (non-hydrogen) atoms. The van der Waals surface area contributed by atoms with Crippen molar-refractivity contribution < 1.29 is 19.7 Å². The van der Waals surface area contributed by atoms with Crippen molar-refractivity contribution in [1.29, 1.82) is 0 Å². The molecule has 0 unspecified atom stereocenters. The Kier molecular flexibility index (Phi) is 3.08. The summed E-state index contributed by atoms with van der Waals surface area (Å²) in [6.07, 6.45) is 3.30. The molecule has 0 spiro atoms. The van der Waals surface area contributed by atoms with Gasteiger partial charge in [0.1, 0.15) is 12.9 Å². The van der Waals surface area contributed by atoms with Crippen LogP contribution in [0, 0.1) is 0 Å². The molecule has 0 amide bonds. The maximum Gasteiger partial charge on any atom is 0.222 e. The fraction of sp³-hybridized carbons (Fsp3) is 0.385. The van der Waals surface area contributed by atoms with Gasteiger partial charge in [0.05, 0.1) is 17.0 Å². The van der Waals surface area contributed by atoms with Crippen LogP contribution < -0.4 is 4.74 Å². The third-order valence-corrected chi connectivity index (χ3v) is 3.14. The van der Waals surface area contributed by atoms with Gasteiger partial charge in [-0.05, 0) is 18.9 Å². The number of benzene rings is 1. The number of hydrogen-bond donors (Lipinski definition) is 2. The van der Waals surface area contributed by atoms with Crippen LogP contribution in [0.1, 0.15) is 12.8 Å². The highest BCUT2D eigenvalue weighted by Gasteiger charge is 2.17. The second-order valence-electron chi connectivity index (χ2n) is 4.48. The molecule has 1 saturated heterocycles. The average Bonchev–Trinajstić information content (AvgIpc) is 2.90. The minimum Gasteiger partial charge on any atom is -0.504 e. The van der Waals surface area contributed by atoms with Crippen LogP contribution in [0.2, 0.25) is 0 Å². The van der Waals surface area contributed by atoms with E-state index in [4.69, 9.17) is 9.47 Å². The van der Waals surface area contributed by atoms with Crippen LogP contribution in [-0.2, 0) is 4.74 Å². The van der Waals surface area contributed by atoms with E-state index in [2.05, 4.69) is 9.97 Å². The van der Waals surface area contributed by atoms with Crippen LogP contribution in [0.4, 0.5) is 0 Å². The lowest BCUT2D eigenvalue weighted by Crippen LogP contribution is -2.16. The van der Waals surface area contributed by atoms with Crippen molar-refractivity contribution in [3.63, 3.8) is 0 Å². The number of fused-ring (bicyclic) bond motifs is 1. The van der Waals surface area contributed by atoms with E-state index in [1.807, 2.05) is 0 Å². The molecule has 3 rings (SSSR count). The summed E-state index contributed by atoms with van der Waals surface area (Å²) >= 11 is 0. The summed E-state index contributed by atoms with van der Waals surface area (Å²) in [5.74, 6) is 0.156. The summed E-state index contributed by atoms with van der Waals surface area (Å²) in [5, 5.41) is 20.0. The van der Waals surface area contributed by atoms with E-state index in [0.717, 1.165) is 19.4 Å². The Bertz CT molecular complexity index is 596. The van der Waals surface area contributed by atoms with Crippen LogP contribution in [0.5, 0.6) is 17.4 Å². The lowest BCUT2D eigenvalue weighted by molar-refractivity contribution is 0.0671. The fourth-order valence-electron chi connectivity index (χ4n) is 2.13. The van der Waals surface area contributed by atoms with Gasteiger partial charge in [0.15, 0.2) is 11.5 Å². The van der Waals surface area contributed by atoms with Crippen LogP contribution in [0.15, 0.2) is 18.5 Å². The van der Waals surface area contributed by atoms with E-state index < -0.39 is 0 Å². The SMILES string of the molecule is Oc1cc2ncnc(O)c2cc1OC[C@@H]1CCCO1. The molecular formula is C13H14N2O4. The van der Waals surface area contributed by atoms with Crippen molar-refractivity contribution >= 4 is 10.9 Å². The summed E-state index contributed by atoms with van der Waals surface area (Å²) in [5.41, 5.74) is 0.467. The molecule has 6 nitrogen and oxygen atoms in total. The van der Waals surface area contributed by atoms with Gasteiger partial charge in [-0.2, -0.15) is 0 Å². The maximum atomic E-state index is 9.87. The second kappa shape index (κ2) is 4.89. The number of rotatable bonds is 3. The second-order valence-corrected chi connectivity index (χ2v) is 4.48. The smallest absolute Gasteiger partial charge is 0.222 e. The molecule has 1 fully saturated rings. The van der Waals surface area contributed by atoms with Crippen molar-refractivity contribution in [1.82, 2.24) is 9.97 Å². The van der Waals surface area contributed by atoms with Crippen molar-refractivity contribution in [2.24, 2.45) is 0 Å². The van der Waals surface area contributed by atoms with Gasteiger partial charge in [0.25, 0.3) is 0 Å². The molecule has 0 saturated carbocycles. The molecule has 2 heterocycles. The molecule has 2 N–H and O–H groups in total. The quantitative estimate of drug-likeness (QED) is 0.874. The highest BCUT2D eigenvalue weighted by molar-refractivity contribution is 5.86. The summed E-state index contributed by atoms with van der Waals surface area (Å²) in [4.78, 5) is 7.67. The zero-order chi connectivity index (χ0) is 13.2. The van der Waals surface area contributed by atoms with Crippen LogP contribution in [0.25, 0.3) is 10.9 Å². The predicted octanol–water partition coefficient (Wildman–Crippen LogP) is 1.60. The fourth-order valence-corrected chi connectivity index (χ4v) is 2.13. The van der Waals surface area contributed by atoms with Gasteiger partial charge in [0, 0.05) is 12.7 Å². The molecule has 1 atom stereocenters. The Hall–Kier alpha value is -2.08. The molecule has 1 aromatic carbocycles. The van der Waals surface area contributed by atoms with E-state index in [9.17, 15) is 10.2 Å². The third-order valence-electron chi connectivity index (χ3n) is 3.14. The average molecular weight is 262 g/mol. The first-order chi connectivity index (χ1) is 9.24. The van der Waals surface area contributed by atoms with E-state index in [1.54, 1.807) is 0 Å². The number of aromatic hydroxyl groups is 2. The normalized spacial score (nSPS) is 18.8. The van der Waals surface area contributed by atoms with E-state index in [0.29, 0.717) is 23.3 Å². The van der Waals surface area contributed by atoms with Gasteiger partial charge < -0.3 is 19.7 Å². The molecule has 1 aromatic heterocycles. The number of nitrogens with zero attached hydrogens (tertiary/aromatic N) is 2. The summed E-state index contributed by atoms with van der Waals surface area (Å²) in [6.45, 7) is 1.14. The van der Waals surface area contributed by atoms with Crippen molar-refractivity contribution in [3.8, 4) is 17.4 Å². The monoisotopic (exact) mass is 262 g/mol. The lowest BCUT2D eigenvalue weighted by atomic mass is 10.2. The van der Waals surface area contributed by atoms with Gasteiger partial charge in [-0.25, -0.2) is 9.97 Å². The largest absolute Gasteiger partial charge is 0.504 e. The van der Waals surface area contributed by atoms with Crippen molar-refractivity contribution in [2.75, 3.05) is 13.2 Å². The van der Waals surface area contributed by atoms with Gasteiger partial charge >= 0.3 is 0 Å². The minimum atomic E-state index is -0.132. The highest BCUT2D eigenvalue weighted by atomic mass is 16.5. The van der Waals surface area contributed by atoms with E-state index in [-0.39, 0.29) is 17.7 Å². The summed E-state index contributed by atoms with van der Waals surface area (Å²) in [7, 11) is 0. The number of phenols is 1. The van der Waals surface area contributed by atoms with Gasteiger partial charge in [-0.1, -0.05) is 0 Å². The Morgan fingerprint density at radius 2 is 2.21 bits per heavy atom. The Morgan fingerprint density at radius 1 is 1.32 bits per heavy atom. The molecule has 6 heteroatoms. The van der Waals surface area contributed by atoms with Crippen molar-refractivity contribution in [2.45, 2.75) is 18.9 Å². The lowest BCUT2D eigenvalue weighted by Gasteiger charge is -2.13. The standard InChI is InChI=1S/C13H14N2O4/c16-11-5-10-9(13(17)15-7-14-10)4-12(11)19-6-8-2-1-3-18-8/h4-5,7-8,16H,1-3,6H2,(H,14,15,17)/t8-/m0/s1. The van der Waals surface area contributed by atoms with Crippen LogP contribution >= 0.6 is 0 Å². The summed E-state index contributed by atoms with van der Waals surface area (Å²) in [6, 6.07) is 2.98. The zero-order valence-corrected chi connectivity index (χ0v) is 10.2. The Morgan fingerprint density at radius 3 is 3.00 bits per heavy atom. The third kappa shape index (κ3) is 2.39. The van der Waals surface area contributed by atoms with Gasteiger partial charge in [-0.3, -0.25) is 0 Å². The zero-order valence-electron chi connectivity index (χ0n) is 10.2. The molecule has 1 aliphatic heterocycles. The molecule has 0 aliphatic carbocycles. The number of phenolic OH excluding ortho intramolecular Hbond substituents is 1.